The topological polar surface area (TPSA) is 59.8 Å². The van der Waals surface area contributed by atoms with E-state index < -0.39 is 11.7 Å². The fourth-order valence-electron chi connectivity index (χ4n) is 1.22. The number of anilines is 1. The minimum atomic E-state index is -0.490. The van der Waals surface area contributed by atoms with Crippen LogP contribution in [-0.4, -0.2) is 20.7 Å². The molecule has 1 amide bonds. The average molecular weight is 299 g/mol. The largest absolute Gasteiger partial charge is 0.291 e. The van der Waals surface area contributed by atoms with Crippen molar-refractivity contribution in [2.45, 2.75) is 0 Å². The van der Waals surface area contributed by atoms with Crippen LogP contribution >= 0.6 is 15.9 Å². The van der Waals surface area contributed by atoms with Crippen molar-refractivity contribution in [3.8, 4) is 0 Å². The molecule has 0 saturated heterocycles. The van der Waals surface area contributed by atoms with Gasteiger partial charge in [0, 0.05) is 12.6 Å². The van der Waals surface area contributed by atoms with Gasteiger partial charge in [0.25, 0.3) is 5.91 Å². The van der Waals surface area contributed by atoms with Crippen LogP contribution in [0.5, 0.6) is 0 Å². The van der Waals surface area contributed by atoms with Crippen LogP contribution in [0.4, 0.5) is 10.3 Å². The van der Waals surface area contributed by atoms with Crippen LogP contribution in [0.1, 0.15) is 10.4 Å². The molecular weight excluding hydrogens is 291 g/mol. The summed E-state index contributed by atoms with van der Waals surface area (Å²) >= 11 is 3.02. The minimum absolute atomic E-state index is 0.216. The van der Waals surface area contributed by atoms with E-state index in [0.29, 0.717) is 10.4 Å². The molecular formula is C10H8BrFN4O. The summed E-state index contributed by atoms with van der Waals surface area (Å²) in [5.41, 5.74) is 0.216. The Morgan fingerprint density at radius 1 is 1.53 bits per heavy atom. The van der Waals surface area contributed by atoms with Crippen molar-refractivity contribution < 1.29 is 9.18 Å². The van der Waals surface area contributed by atoms with Crippen molar-refractivity contribution in [3.05, 3.63) is 40.4 Å². The second-order valence-corrected chi connectivity index (χ2v) is 4.14. The predicted octanol–water partition coefficient (Wildman–Crippen LogP) is 1.97. The molecule has 0 saturated carbocycles. The second kappa shape index (κ2) is 4.62. The van der Waals surface area contributed by atoms with Crippen LogP contribution in [0.3, 0.4) is 0 Å². The van der Waals surface area contributed by atoms with E-state index in [0.717, 1.165) is 6.07 Å². The maximum Gasteiger partial charge on any atom is 0.258 e. The number of benzene rings is 1. The van der Waals surface area contributed by atoms with Gasteiger partial charge in [-0.1, -0.05) is 0 Å². The van der Waals surface area contributed by atoms with E-state index in [1.807, 2.05) is 0 Å². The third-order valence-electron chi connectivity index (χ3n) is 2.12. The van der Waals surface area contributed by atoms with Gasteiger partial charge in [-0.25, -0.2) is 9.07 Å². The third kappa shape index (κ3) is 2.50. The fraction of sp³-hybridized carbons (Fsp3) is 0.100. The monoisotopic (exact) mass is 298 g/mol. The highest BCUT2D eigenvalue weighted by Crippen LogP contribution is 2.16. The molecule has 0 bridgehead atoms. The Kier molecular flexibility index (Phi) is 3.19. The molecule has 2 rings (SSSR count). The lowest BCUT2D eigenvalue weighted by molar-refractivity contribution is 0.102. The molecule has 5 nitrogen and oxygen atoms in total. The summed E-state index contributed by atoms with van der Waals surface area (Å²) in [6, 6.07) is 4.13. The SMILES string of the molecule is Cn1ncnc1NC(=O)c1ccc(Br)c(F)c1. The third-order valence-corrected chi connectivity index (χ3v) is 2.76. The first-order valence-electron chi connectivity index (χ1n) is 4.68. The standard InChI is InChI=1S/C10H8BrFN4O/c1-16-10(13-5-14-16)15-9(17)6-2-3-7(11)8(12)4-6/h2-5H,1H3,(H,13,14,15,17). The molecule has 1 heterocycles. The number of nitrogens with zero attached hydrogens (tertiary/aromatic N) is 3. The van der Waals surface area contributed by atoms with Crippen molar-refractivity contribution in [2.24, 2.45) is 7.05 Å². The van der Waals surface area contributed by atoms with Crippen molar-refractivity contribution in [1.29, 1.82) is 0 Å². The highest BCUT2D eigenvalue weighted by Gasteiger charge is 2.11. The smallest absolute Gasteiger partial charge is 0.258 e. The van der Waals surface area contributed by atoms with Gasteiger partial charge >= 0.3 is 0 Å². The molecule has 88 valence electrons. The van der Waals surface area contributed by atoms with Crippen molar-refractivity contribution in [3.63, 3.8) is 0 Å². The zero-order valence-corrected chi connectivity index (χ0v) is 10.4. The van der Waals surface area contributed by atoms with Crippen LogP contribution in [0.15, 0.2) is 29.0 Å². The molecule has 0 aliphatic carbocycles. The fourth-order valence-corrected chi connectivity index (χ4v) is 1.47. The zero-order chi connectivity index (χ0) is 12.4. The summed E-state index contributed by atoms with van der Waals surface area (Å²) in [7, 11) is 1.64. The van der Waals surface area contributed by atoms with Crippen LogP contribution in [-0.2, 0) is 7.05 Å². The van der Waals surface area contributed by atoms with E-state index in [9.17, 15) is 9.18 Å². The molecule has 0 radical (unpaired) electrons. The zero-order valence-electron chi connectivity index (χ0n) is 8.82. The number of hydrogen-bond donors (Lipinski definition) is 1. The first-order chi connectivity index (χ1) is 8.08. The quantitative estimate of drug-likeness (QED) is 0.922. The molecule has 0 spiro atoms. The van der Waals surface area contributed by atoms with Gasteiger partial charge in [0.15, 0.2) is 0 Å². The summed E-state index contributed by atoms with van der Waals surface area (Å²) < 4.78 is 15.0. The number of halogens is 2. The van der Waals surface area contributed by atoms with Gasteiger partial charge in [-0.15, -0.1) is 0 Å². The number of carbonyl (C=O) groups excluding carboxylic acids is 1. The van der Waals surface area contributed by atoms with Gasteiger partial charge in [-0.05, 0) is 34.1 Å². The molecule has 1 aromatic heterocycles. The summed E-state index contributed by atoms with van der Waals surface area (Å²) in [5, 5.41) is 6.33. The summed E-state index contributed by atoms with van der Waals surface area (Å²) in [5.74, 6) is -0.624. The highest BCUT2D eigenvalue weighted by molar-refractivity contribution is 9.10. The number of rotatable bonds is 2. The van der Waals surface area contributed by atoms with Crippen LogP contribution in [0.2, 0.25) is 0 Å². The van der Waals surface area contributed by atoms with Gasteiger partial charge in [0.1, 0.15) is 12.1 Å². The summed E-state index contributed by atoms with van der Waals surface area (Å²) in [4.78, 5) is 15.6. The highest BCUT2D eigenvalue weighted by atomic mass is 79.9. The number of amides is 1. The maximum absolute atomic E-state index is 13.2. The Labute approximate surface area is 105 Å². The molecule has 0 fully saturated rings. The van der Waals surface area contributed by atoms with E-state index in [-0.39, 0.29) is 5.56 Å². The van der Waals surface area contributed by atoms with E-state index >= 15 is 0 Å². The van der Waals surface area contributed by atoms with Gasteiger partial charge in [-0.3, -0.25) is 10.1 Å². The van der Waals surface area contributed by atoms with E-state index in [2.05, 4.69) is 31.3 Å². The first kappa shape index (κ1) is 11.7. The summed E-state index contributed by atoms with van der Waals surface area (Å²) in [6.07, 6.45) is 1.32. The lowest BCUT2D eigenvalue weighted by Gasteiger charge is -2.04. The molecule has 0 atom stereocenters. The molecule has 0 unspecified atom stereocenters. The van der Waals surface area contributed by atoms with Crippen molar-refractivity contribution in [1.82, 2.24) is 14.8 Å². The van der Waals surface area contributed by atoms with Crippen LogP contribution in [0, 0.1) is 5.82 Å². The summed E-state index contributed by atoms with van der Waals surface area (Å²) in [6.45, 7) is 0. The first-order valence-corrected chi connectivity index (χ1v) is 5.47. The molecule has 7 heteroatoms. The number of hydrogen-bond acceptors (Lipinski definition) is 3. The molecule has 1 aromatic carbocycles. The molecule has 0 aliphatic heterocycles. The minimum Gasteiger partial charge on any atom is -0.291 e. The molecule has 1 N–H and O–H groups in total. The lowest BCUT2D eigenvalue weighted by atomic mass is 10.2. The maximum atomic E-state index is 13.2. The number of nitrogens with one attached hydrogen (secondary N) is 1. The van der Waals surface area contributed by atoms with Crippen molar-refractivity contribution >= 4 is 27.8 Å². The molecule has 17 heavy (non-hydrogen) atoms. The van der Waals surface area contributed by atoms with E-state index in [4.69, 9.17) is 0 Å². The molecule has 0 aliphatic rings. The van der Waals surface area contributed by atoms with Gasteiger partial charge in [0.05, 0.1) is 4.47 Å². The Morgan fingerprint density at radius 3 is 2.88 bits per heavy atom. The van der Waals surface area contributed by atoms with Gasteiger partial charge < -0.3 is 0 Å². The van der Waals surface area contributed by atoms with Gasteiger partial charge in [-0.2, -0.15) is 10.1 Å². The Bertz CT molecular complexity index is 569. The van der Waals surface area contributed by atoms with Crippen molar-refractivity contribution in [2.75, 3.05) is 5.32 Å². The Balaban J connectivity index is 2.20. The Morgan fingerprint density at radius 2 is 2.29 bits per heavy atom. The number of carbonyl (C=O) groups is 1. The lowest BCUT2D eigenvalue weighted by Crippen LogP contribution is -2.15. The van der Waals surface area contributed by atoms with Gasteiger partial charge in [0.2, 0.25) is 5.95 Å². The van der Waals surface area contributed by atoms with E-state index in [1.54, 1.807) is 7.05 Å². The second-order valence-electron chi connectivity index (χ2n) is 3.29. The Hall–Kier alpha value is -1.76. The average Bonchev–Trinajstić information content (AvgIpc) is 2.68. The number of aromatic nitrogens is 3. The normalized spacial score (nSPS) is 10.3. The van der Waals surface area contributed by atoms with Crippen LogP contribution < -0.4 is 5.32 Å². The number of aryl methyl sites for hydroxylation is 1. The molecule has 2 aromatic rings. The predicted molar refractivity (Wildman–Crippen MR) is 63.1 cm³/mol. The van der Waals surface area contributed by atoms with Crippen LogP contribution in [0.25, 0.3) is 0 Å². The van der Waals surface area contributed by atoms with E-state index in [1.165, 1.54) is 23.1 Å².